The molecule has 3 aromatic rings. The largest absolute Gasteiger partial charge is 0.508 e. The van der Waals surface area contributed by atoms with Crippen LogP contribution < -0.4 is 5.32 Å². The van der Waals surface area contributed by atoms with Crippen LogP contribution in [0.25, 0.3) is 22.0 Å². The van der Waals surface area contributed by atoms with Crippen LogP contribution in [0.1, 0.15) is 20.3 Å². The zero-order valence-corrected chi connectivity index (χ0v) is 14.9. The number of aromatic hydroxyl groups is 1. The maximum atomic E-state index is 9.53. The van der Waals surface area contributed by atoms with Crippen molar-refractivity contribution in [3.63, 3.8) is 0 Å². The van der Waals surface area contributed by atoms with E-state index in [0.717, 1.165) is 47.5 Å². The number of nitrogens with one attached hydrogen (secondary N) is 1. The van der Waals surface area contributed by atoms with Crippen molar-refractivity contribution in [3.8, 4) is 17.0 Å². The number of ether oxygens (including phenoxy) is 1. The van der Waals surface area contributed by atoms with Gasteiger partial charge in [-0.05, 0) is 36.8 Å². The summed E-state index contributed by atoms with van der Waals surface area (Å²) in [5.74, 6) is 0.975. The van der Waals surface area contributed by atoms with Crippen molar-refractivity contribution in [2.24, 2.45) is 5.41 Å². The van der Waals surface area contributed by atoms with Gasteiger partial charge in [-0.15, -0.1) is 10.2 Å². The highest BCUT2D eigenvalue weighted by Gasteiger charge is 2.33. The van der Waals surface area contributed by atoms with E-state index >= 15 is 0 Å². The van der Waals surface area contributed by atoms with Crippen LogP contribution in [0.15, 0.2) is 42.7 Å². The number of nitrogens with zero attached hydrogens (tertiary/aromatic N) is 3. The Kier molecular flexibility index (Phi) is 4.20. The highest BCUT2D eigenvalue weighted by atomic mass is 16.5. The molecule has 1 unspecified atom stereocenters. The van der Waals surface area contributed by atoms with E-state index in [-0.39, 0.29) is 17.2 Å². The normalized spacial score (nSPS) is 19.4. The van der Waals surface area contributed by atoms with Crippen LogP contribution in [-0.4, -0.2) is 39.5 Å². The van der Waals surface area contributed by atoms with Gasteiger partial charge in [0.2, 0.25) is 0 Å². The van der Waals surface area contributed by atoms with E-state index in [2.05, 4.69) is 34.3 Å². The van der Waals surface area contributed by atoms with Crippen LogP contribution >= 0.6 is 0 Å². The monoisotopic (exact) mass is 350 g/mol. The second kappa shape index (κ2) is 6.53. The molecule has 2 N–H and O–H groups in total. The van der Waals surface area contributed by atoms with Gasteiger partial charge in [-0.2, -0.15) is 0 Å². The third-order valence-corrected chi connectivity index (χ3v) is 5.00. The van der Waals surface area contributed by atoms with Crippen LogP contribution in [0, 0.1) is 5.41 Å². The average molecular weight is 350 g/mol. The molecular formula is C20H22N4O2. The molecule has 0 bridgehead atoms. The van der Waals surface area contributed by atoms with Crippen molar-refractivity contribution < 1.29 is 9.84 Å². The number of pyridine rings is 1. The van der Waals surface area contributed by atoms with Gasteiger partial charge in [0.05, 0.1) is 6.61 Å². The number of phenols is 1. The minimum Gasteiger partial charge on any atom is -0.508 e. The summed E-state index contributed by atoms with van der Waals surface area (Å²) in [6.07, 6.45) is 4.51. The lowest BCUT2D eigenvalue weighted by molar-refractivity contribution is 0.00340. The molecule has 1 aromatic carbocycles. The van der Waals surface area contributed by atoms with E-state index < -0.39 is 0 Å². The Balaban J connectivity index is 1.76. The summed E-state index contributed by atoms with van der Waals surface area (Å²) < 4.78 is 5.62. The number of hydrogen-bond donors (Lipinski definition) is 2. The third kappa shape index (κ3) is 3.08. The lowest BCUT2D eigenvalue weighted by atomic mass is 9.82. The first-order valence-electron chi connectivity index (χ1n) is 8.79. The number of fused-ring (bicyclic) bond motifs is 1. The van der Waals surface area contributed by atoms with Crippen molar-refractivity contribution >= 4 is 16.6 Å². The summed E-state index contributed by atoms with van der Waals surface area (Å²) >= 11 is 0. The summed E-state index contributed by atoms with van der Waals surface area (Å²) in [6.45, 7) is 5.86. The molecule has 0 aliphatic carbocycles. The Morgan fingerprint density at radius 1 is 1.12 bits per heavy atom. The van der Waals surface area contributed by atoms with Gasteiger partial charge in [0.1, 0.15) is 11.4 Å². The number of benzene rings is 1. The van der Waals surface area contributed by atoms with Gasteiger partial charge in [-0.25, -0.2) is 0 Å². The van der Waals surface area contributed by atoms with Crippen molar-refractivity contribution in [2.75, 3.05) is 18.5 Å². The fourth-order valence-electron chi connectivity index (χ4n) is 3.40. The maximum Gasteiger partial charge on any atom is 0.158 e. The number of phenolic OH excluding ortho intramolecular Hbond substituents is 1. The molecule has 4 rings (SSSR count). The van der Waals surface area contributed by atoms with Crippen LogP contribution in [0.4, 0.5) is 5.82 Å². The molecule has 6 nitrogen and oxygen atoms in total. The smallest absolute Gasteiger partial charge is 0.158 e. The molecule has 0 amide bonds. The van der Waals surface area contributed by atoms with Crippen LogP contribution in [0.3, 0.4) is 0 Å². The molecule has 1 aliphatic heterocycles. The first kappa shape index (κ1) is 16.7. The summed E-state index contributed by atoms with van der Waals surface area (Å²) in [5.41, 5.74) is 1.70. The molecule has 1 saturated heterocycles. The fraction of sp³-hybridized carbons (Fsp3) is 0.350. The predicted octanol–water partition coefficient (Wildman–Crippen LogP) is 3.62. The van der Waals surface area contributed by atoms with Crippen LogP contribution in [-0.2, 0) is 4.74 Å². The molecule has 1 fully saturated rings. The molecule has 134 valence electrons. The van der Waals surface area contributed by atoms with Gasteiger partial charge in [-0.3, -0.25) is 4.98 Å². The minimum atomic E-state index is 0.0179. The lowest BCUT2D eigenvalue weighted by Crippen LogP contribution is -2.44. The van der Waals surface area contributed by atoms with Gasteiger partial charge in [0.15, 0.2) is 5.82 Å². The third-order valence-electron chi connectivity index (χ3n) is 5.00. The zero-order valence-electron chi connectivity index (χ0n) is 14.9. The van der Waals surface area contributed by atoms with E-state index in [9.17, 15) is 5.11 Å². The van der Waals surface area contributed by atoms with Gasteiger partial charge in [0.25, 0.3) is 0 Å². The van der Waals surface area contributed by atoms with Gasteiger partial charge in [0, 0.05) is 46.8 Å². The second-order valence-electron chi connectivity index (χ2n) is 7.39. The molecule has 1 aliphatic rings. The Morgan fingerprint density at radius 2 is 1.92 bits per heavy atom. The van der Waals surface area contributed by atoms with Crippen LogP contribution in [0.5, 0.6) is 5.75 Å². The predicted molar refractivity (Wildman–Crippen MR) is 101 cm³/mol. The molecular weight excluding hydrogens is 328 g/mol. The lowest BCUT2D eigenvalue weighted by Gasteiger charge is -2.39. The summed E-state index contributed by atoms with van der Waals surface area (Å²) in [5, 5.41) is 23.9. The SMILES string of the molecule is CC1(C)COCCC1Nc1nnc(-c2ccc(O)cc2)c2ccncc12. The number of anilines is 1. The molecule has 0 saturated carbocycles. The van der Waals surface area contributed by atoms with E-state index in [1.165, 1.54) is 0 Å². The summed E-state index contributed by atoms with van der Waals surface area (Å²) in [4.78, 5) is 4.28. The first-order valence-corrected chi connectivity index (χ1v) is 8.79. The quantitative estimate of drug-likeness (QED) is 0.751. The minimum absolute atomic E-state index is 0.0179. The van der Waals surface area contributed by atoms with Gasteiger partial charge in [-0.1, -0.05) is 13.8 Å². The number of aromatic nitrogens is 3. The van der Waals surface area contributed by atoms with Crippen molar-refractivity contribution in [3.05, 3.63) is 42.7 Å². The van der Waals surface area contributed by atoms with E-state index in [1.54, 1.807) is 18.3 Å². The Bertz CT molecular complexity index is 925. The van der Waals surface area contributed by atoms with Crippen molar-refractivity contribution in [1.29, 1.82) is 0 Å². The summed E-state index contributed by atoms with van der Waals surface area (Å²) in [6, 6.07) is 9.20. The van der Waals surface area contributed by atoms with Crippen molar-refractivity contribution in [1.82, 2.24) is 15.2 Å². The Hall–Kier alpha value is -2.73. The van der Waals surface area contributed by atoms with E-state index in [4.69, 9.17) is 4.74 Å². The Morgan fingerprint density at radius 3 is 2.69 bits per heavy atom. The highest BCUT2D eigenvalue weighted by molar-refractivity contribution is 5.99. The van der Waals surface area contributed by atoms with Crippen LogP contribution in [0.2, 0.25) is 0 Å². The number of hydrogen-bond acceptors (Lipinski definition) is 6. The molecule has 0 spiro atoms. The Labute approximate surface area is 152 Å². The summed E-state index contributed by atoms with van der Waals surface area (Å²) in [7, 11) is 0. The van der Waals surface area contributed by atoms with E-state index in [1.807, 2.05) is 24.4 Å². The number of rotatable bonds is 3. The van der Waals surface area contributed by atoms with Gasteiger partial charge < -0.3 is 15.2 Å². The molecule has 6 heteroatoms. The van der Waals surface area contributed by atoms with Crippen molar-refractivity contribution in [2.45, 2.75) is 26.3 Å². The molecule has 3 heterocycles. The van der Waals surface area contributed by atoms with Gasteiger partial charge >= 0.3 is 0 Å². The molecule has 2 aromatic heterocycles. The molecule has 0 radical (unpaired) electrons. The maximum absolute atomic E-state index is 9.53. The molecule has 1 atom stereocenters. The average Bonchev–Trinajstić information content (AvgIpc) is 2.64. The fourth-order valence-corrected chi connectivity index (χ4v) is 3.40. The topological polar surface area (TPSA) is 80.2 Å². The zero-order chi connectivity index (χ0) is 18.1. The highest BCUT2D eigenvalue weighted by Crippen LogP contribution is 2.34. The van der Waals surface area contributed by atoms with E-state index in [0.29, 0.717) is 0 Å². The molecule has 26 heavy (non-hydrogen) atoms. The first-order chi connectivity index (χ1) is 12.5. The standard InChI is InChI=1S/C20H22N4O2/c1-20(2)12-26-10-8-17(20)22-19-16-11-21-9-7-15(16)18(23-24-19)13-3-5-14(25)6-4-13/h3-7,9,11,17,25H,8,10,12H2,1-2H3,(H,22,24). The second-order valence-corrected chi connectivity index (χ2v) is 7.39.